The van der Waals surface area contributed by atoms with Crippen LogP contribution in [0.25, 0.3) is 0 Å². The van der Waals surface area contributed by atoms with E-state index >= 15 is 0 Å². The number of likely N-dealkylation sites (N-methyl/N-ethyl adjacent to an activating group) is 1. The molecule has 12 heteroatoms. The van der Waals surface area contributed by atoms with Crippen LogP contribution in [0.15, 0.2) is 28.8 Å². The molecule has 3 N–H and O–H groups in total. The molecule has 12 nitrogen and oxygen atoms in total. The average Bonchev–Trinajstić information content (AvgIpc) is 3.38. The minimum atomic E-state index is -0.773. The standard InChI is InChI=1S/C27H37N5O7/c1-4-8-21-16-23(30-39-21)27(37)32-11-6-5-10-31(3)26(36)18(2)29-24(34)17-38-22-14-19(13-20(33)15-22)25(35)28-9-7-12-32/h13-16,18,33H,4-12,17H2,1-3H3,(H,28,35)(H,29,34)/t18-/m0/s1. The molecule has 212 valence electrons. The van der Waals surface area contributed by atoms with E-state index in [2.05, 4.69) is 15.8 Å². The first-order valence-corrected chi connectivity index (χ1v) is 13.2. The Hall–Kier alpha value is -4.09. The molecule has 0 radical (unpaired) electrons. The highest BCUT2D eigenvalue weighted by atomic mass is 16.5. The van der Waals surface area contributed by atoms with Crippen LogP contribution in [0.3, 0.4) is 0 Å². The zero-order valence-corrected chi connectivity index (χ0v) is 22.7. The van der Waals surface area contributed by atoms with Crippen molar-refractivity contribution < 1.29 is 33.5 Å². The van der Waals surface area contributed by atoms with Gasteiger partial charge in [0, 0.05) is 57.3 Å². The van der Waals surface area contributed by atoms with Crippen LogP contribution in [0.2, 0.25) is 0 Å². The van der Waals surface area contributed by atoms with Gasteiger partial charge in [0.05, 0.1) is 0 Å². The first-order valence-electron chi connectivity index (χ1n) is 13.2. The van der Waals surface area contributed by atoms with E-state index in [9.17, 15) is 24.3 Å². The van der Waals surface area contributed by atoms with Crippen LogP contribution in [0.5, 0.6) is 11.5 Å². The van der Waals surface area contributed by atoms with E-state index in [1.807, 2.05) is 6.92 Å². The molecule has 2 aromatic rings. The maximum Gasteiger partial charge on any atom is 0.276 e. The van der Waals surface area contributed by atoms with Gasteiger partial charge in [0.2, 0.25) is 5.91 Å². The Morgan fingerprint density at radius 2 is 1.85 bits per heavy atom. The van der Waals surface area contributed by atoms with E-state index in [4.69, 9.17) is 9.26 Å². The molecule has 1 aromatic heterocycles. The van der Waals surface area contributed by atoms with Crippen LogP contribution in [0, 0.1) is 0 Å². The topological polar surface area (TPSA) is 154 Å². The first-order chi connectivity index (χ1) is 18.7. The van der Waals surface area contributed by atoms with Gasteiger partial charge in [0.15, 0.2) is 12.3 Å². The molecule has 39 heavy (non-hydrogen) atoms. The fourth-order valence-corrected chi connectivity index (χ4v) is 4.21. The number of benzene rings is 1. The third-order valence-corrected chi connectivity index (χ3v) is 6.27. The number of phenols is 1. The van der Waals surface area contributed by atoms with Crippen LogP contribution < -0.4 is 15.4 Å². The molecule has 1 aliphatic heterocycles. The second-order valence-corrected chi connectivity index (χ2v) is 9.59. The summed E-state index contributed by atoms with van der Waals surface area (Å²) in [5.74, 6) is -0.882. The molecule has 2 bridgehead atoms. The summed E-state index contributed by atoms with van der Waals surface area (Å²) >= 11 is 0. The van der Waals surface area contributed by atoms with Gasteiger partial charge >= 0.3 is 0 Å². The number of rotatable bonds is 3. The molecule has 0 aliphatic carbocycles. The van der Waals surface area contributed by atoms with Gasteiger partial charge in [0.1, 0.15) is 23.3 Å². The number of aromatic hydroxyl groups is 1. The van der Waals surface area contributed by atoms with Crippen LogP contribution in [0.1, 0.15) is 66.1 Å². The third-order valence-electron chi connectivity index (χ3n) is 6.27. The third kappa shape index (κ3) is 8.72. The lowest BCUT2D eigenvalue weighted by atomic mass is 10.2. The Kier molecular flexibility index (Phi) is 10.7. The highest BCUT2D eigenvalue weighted by Crippen LogP contribution is 2.22. The quantitative estimate of drug-likeness (QED) is 0.529. The lowest BCUT2D eigenvalue weighted by molar-refractivity contribution is -0.135. The molecule has 0 fully saturated rings. The van der Waals surface area contributed by atoms with Crippen molar-refractivity contribution in [2.45, 2.75) is 52.0 Å². The van der Waals surface area contributed by atoms with Gasteiger partial charge in [-0.3, -0.25) is 19.2 Å². The van der Waals surface area contributed by atoms with Crippen molar-refractivity contribution in [2.24, 2.45) is 0 Å². The summed E-state index contributed by atoms with van der Waals surface area (Å²) in [6, 6.07) is 4.88. The molecule has 0 saturated heterocycles. The maximum absolute atomic E-state index is 13.2. The van der Waals surface area contributed by atoms with Crippen molar-refractivity contribution in [3.8, 4) is 11.5 Å². The number of carbonyl (C=O) groups excluding carboxylic acids is 4. The number of aryl methyl sites for hydroxylation is 1. The monoisotopic (exact) mass is 543 g/mol. The number of amides is 4. The summed E-state index contributed by atoms with van der Waals surface area (Å²) in [4.78, 5) is 54.1. The second-order valence-electron chi connectivity index (χ2n) is 9.59. The number of fused-ring (bicyclic) bond motifs is 2. The minimum absolute atomic E-state index is 0.132. The molecule has 1 atom stereocenters. The summed E-state index contributed by atoms with van der Waals surface area (Å²) in [5.41, 5.74) is 0.394. The van der Waals surface area contributed by atoms with Crippen LogP contribution >= 0.6 is 0 Å². The molecule has 0 spiro atoms. The number of aromatic nitrogens is 1. The summed E-state index contributed by atoms with van der Waals surface area (Å²) in [7, 11) is 1.66. The van der Waals surface area contributed by atoms with Crippen molar-refractivity contribution in [1.29, 1.82) is 0 Å². The summed E-state index contributed by atoms with van der Waals surface area (Å²) in [5, 5.41) is 19.4. The molecule has 0 unspecified atom stereocenters. The Balaban J connectivity index is 1.75. The van der Waals surface area contributed by atoms with Crippen molar-refractivity contribution in [3.05, 3.63) is 41.3 Å². The maximum atomic E-state index is 13.2. The Morgan fingerprint density at radius 3 is 2.62 bits per heavy atom. The fourth-order valence-electron chi connectivity index (χ4n) is 4.21. The van der Waals surface area contributed by atoms with Gasteiger partial charge in [-0.2, -0.15) is 0 Å². The SMILES string of the molecule is CCCc1cc(C(=O)N2CCCCN(C)C(=O)[C@H](C)NC(=O)COc3cc(O)cc(c3)C(=O)NCCC2)no1. The van der Waals surface area contributed by atoms with E-state index in [1.165, 1.54) is 18.2 Å². The minimum Gasteiger partial charge on any atom is -0.508 e. The van der Waals surface area contributed by atoms with E-state index in [1.54, 1.807) is 29.8 Å². The summed E-state index contributed by atoms with van der Waals surface area (Å²) < 4.78 is 10.7. The van der Waals surface area contributed by atoms with Gasteiger partial charge < -0.3 is 34.8 Å². The average molecular weight is 544 g/mol. The molecule has 1 aliphatic rings. The molecule has 3 rings (SSSR count). The van der Waals surface area contributed by atoms with Crippen LogP contribution in [-0.4, -0.2) is 89.6 Å². The predicted molar refractivity (Wildman–Crippen MR) is 141 cm³/mol. The molecular weight excluding hydrogens is 506 g/mol. The van der Waals surface area contributed by atoms with E-state index in [-0.39, 0.29) is 47.7 Å². The van der Waals surface area contributed by atoms with Crippen molar-refractivity contribution in [1.82, 2.24) is 25.6 Å². The Morgan fingerprint density at radius 1 is 1.10 bits per heavy atom. The van der Waals surface area contributed by atoms with Crippen molar-refractivity contribution in [3.63, 3.8) is 0 Å². The van der Waals surface area contributed by atoms with Crippen molar-refractivity contribution >= 4 is 23.6 Å². The number of ether oxygens (including phenoxy) is 1. The first kappa shape index (κ1) is 29.5. The second kappa shape index (κ2) is 14.2. The van der Waals surface area contributed by atoms with E-state index < -0.39 is 17.9 Å². The number of hydrogen-bond donors (Lipinski definition) is 3. The van der Waals surface area contributed by atoms with Gasteiger partial charge in [-0.05, 0) is 44.7 Å². The number of nitrogens with zero attached hydrogens (tertiary/aromatic N) is 3. The zero-order chi connectivity index (χ0) is 28.4. The van der Waals surface area contributed by atoms with Crippen LogP contribution in [-0.2, 0) is 16.0 Å². The normalized spacial score (nSPS) is 18.6. The molecular formula is C27H37N5O7. The Bertz CT molecular complexity index is 1170. The number of nitrogens with one attached hydrogen (secondary N) is 2. The largest absolute Gasteiger partial charge is 0.508 e. The molecule has 1 aromatic carbocycles. The smallest absolute Gasteiger partial charge is 0.276 e. The van der Waals surface area contributed by atoms with Crippen LogP contribution in [0.4, 0.5) is 0 Å². The van der Waals surface area contributed by atoms with Crippen molar-refractivity contribution in [2.75, 3.05) is 39.8 Å². The van der Waals surface area contributed by atoms with Gasteiger partial charge in [-0.25, -0.2) is 0 Å². The van der Waals surface area contributed by atoms with E-state index in [0.29, 0.717) is 51.1 Å². The summed E-state index contributed by atoms with van der Waals surface area (Å²) in [6.45, 7) is 4.76. The molecule has 2 heterocycles. The lowest BCUT2D eigenvalue weighted by Gasteiger charge is -2.24. The lowest BCUT2D eigenvalue weighted by Crippen LogP contribution is -2.47. The fraction of sp³-hybridized carbons (Fsp3) is 0.519. The molecule has 0 saturated carbocycles. The predicted octanol–water partition coefficient (Wildman–Crippen LogP) is 1.73. The zero-order valence-electron chi connectivity index (χ0n) is 22.7. The van der Waals surface area contributed by atoms with Gasteiger partial charge in [-0.1, -0.05) is 12.1 Å². The van der Waals surface area contributed by atoms with Gasteiger partial charge in [-0.15, -0.1) is 0 Å². The summed E-state index contributed by atoms with van der Waals surface area (Å²) in [6.07, 6.45) is 3.32. The number of carbonyl (C=O) groups is 4. The molecule has 4 amide bonds. The highest BCUT2D eigenvalue weighted by Gasteiger charge is 2.22. The number of hydrogen-bond acceptors (Lipinski definition) is 8. The Labute approximate surface area is 227 Å². The van der Waals surface area contributed by atoms with Gasteiger partial charge in [0.25, 0.3) is 17.7 Å². The van der Waals surface area contributed by atoms with E-state index in [0.717, 1.165) is 6.42 Å². The number of phenolic OH excluding ortho intramolecular Hbond substituents is 1. The highest BCUT2D eigenvalue weighted by molar-refractivity contribution is 5.95.